The number of rotatable bonds is 5. The number of aromatic hydroxyl groups is 1. The highest BCUT2D eigenvalue weighted by Crippen LogP contribution is 2.58. The second-order valence-electron chi connectivity index (χ2n) is 10.8. The van der Waals surface area contributed by atoms with Gasteiger partial charge in [-0.3, -0.25) is 9.58 Å². The van der Waals surface area contributed by atoms with Crippen LogP contribution in [0.15, 0.2) is 30.6 Å². The number of hydrogen-bond acceptors (Lipinski definition) is 5. The molecule has 0 spiro atoms. The molecule has 172 valence electrons. The van der Waals surface area contributed by atoms with E-state index in [4.69, 9.17) is 0 Å². The molecule has 0 amide bonds. The average Bonchev–Trinajstić information content (AvgIpc) is 3.51. The molecule has 1 aromatic carbocycles. The van der Waals surface area contributed by atoms with Crippen molar-refractivity contribution in [2.75, 3.05) is 32.7 Å². The van der Waals surface area contributed by atoms with Gasteiger partial charge in [0.25, 0.3) is 0 Å². The van der Waals surface area contributed by atoms with Gasteiger partial charge in [-0.1, -0.05) is 12.1 Å². The van der Waals surface area contributed by atoms with Crippen LogP contribution in [0.25, 0.3) is 0 Å². The lowest BCUT2D eigenvalue weighted by Gasteiger charge is -2.61. The van der Waals surface area contributed by atoms with Crippen LogP contribution in [0, 0.1) is 12.8 Å². The Hall–Kier alpha value is -1.89. The predicted octanol–water partition coefficient (Wildman–Crippen LogP) is 2.70. The molecule has 4 aliphatic rings. The normalized spacial score (nSPS) is 32.9. The summed E-state index contributed by atoms with van der Waals surface area (Å²) in [6.07, 6.45) is 10.1. The summed E-state index contributed by atoms with van der Waals surface area (Å²) in [5.41, 5.74) is 2.35. The van der Waals surface area contributed by atoms with Crippen LogP contribution in [0.1, 0.15) is 48.8 Å². The zero-order valence-corrected chi connectivity index (χ0v) is 19.2. The minimum absolute atomic E-state index is 0.153. The first kappa shape index (κ1) is 20.7. The molecule has 2 saturated heterocycles. The van der Waals surface area contributed by atoms with Crippen molar-refractivity contribution in [3.05, 3.63) is 47.3 Å². The topological polar surface area (TPSA) is 64.8 Å². The third kappa shape index (κ3) is 3.22. The van der Waals surface area contributed by atoms with E-state index in [0.717, 1.165) is 76.4 Å². The van der Waals surface area contributed by atoms with E-state index < -0.39 is 5.60 Å². The van der Waals surface area contributed by atoms with E-state index in [-0.39, 0.29) is 11.5 Å². The molecule has 6 rings (SSSR count). The first-order valence-electron chi connectivity index (χ1n) is 12.5. The molecule has 6 heteroatoms. The van der Waals surface area contributed by atoms with E-state index in [1.54, 1.807) is 0 Å². The Bertz CT molecular complexity index is 1000. The lowest BCUT2D eigenvalue weighted by molar-refractivity contribution is -0.149. The van der Waals surface area contributed by atoms with Gasteiger partial charge in [-0.15, -0.1) is 0 Å². The Kier molecular flexibility index (Phi) is 4.90. The fourth-order valence-electron chi connectivity index (χ4n) is 7.05. The summed E-state index contributed by atoms with van der Waals surface area (Å²) in [5, 5.41) is 28.0. The minimum atomic E-state index is -0.789. The number of nitrogens with zero attached hydrogens (tertiary/aromatic N) is 4. The monoisotopic (exact) mass is 436 g/mol. The van der Waals surface area contributed by atoms with E-state index in [2.05, 4.69) is 34.1 Å². The molecule has 3 atom stereocenters. The van der Waals surface area contributed by atoms with E-state index in [9.17, 15) is 10.2 Å². The van der Waals surface area contributed by atoms with Gasteiger partial charge >= 0.3 is 0 Å². The molecule has 6 nitrogen and oxygen atoms in total. The Morgan fingerprint density at radius 2 is 1.91 bits per heavy atom. The SMILES string of the molecule is Cc1cnn(CCN2CCC34CCN(CC5CC5)C(Cc5cccc(O)c53)C4(O)CC2)c1. The molecule has 2 aromatic rings. The maximum absolute atomic E-state index is 12.5. The van der Waals surface area contributed by atoms with Crippen molar-refractivity contribution in [2.24, 2.45) is 5.92 Å². The standard InChI is InChI=1S/C26H36N4O2/c1-19-16-27-30(17-19)14-13-28-10-7-25-8-12-29(18-20-5-6-20)23(26(25,32)9-11-28)15-21-3-2-4-22(31)24(21)25/h2-4,16-17,20,23,31-32H,5-15,18H2,1H3. The summed E-state index contributed by atoms with van der Waals surface area (Å²) in [4.78, 5) is 5.10. The molecule has 2 aliphatic heterocycles. The van der Waals surface area contributed by atoms with E-state index in [1.165, 1.54) is 24.0 Å². The lowest BCUT2D eigenvalue weighted by Crippen LogP contribution is -2.71. The molecule has 1 saturated carbocycles. The number of phenols is 1. The molecular formula is C26H36N4O2. The average molecular weight is 437 g/mol. The molecule has 2 bridgehead atoms. The van der Waals surface area contributed by atoms with Gasteiger partial charge in [0.15, 0.2) is 0 Å². The van der Waals surface area contributed by atoms with Gasteiger partial charge in [0.05, 0.1) is 18.3 Å². The number of phenolic OH excluding ortho intramolecular Hbond substituents is 1. The van der Waals surface area contributed by atoms with Gasteiger partial charge in [-0.2, -0.15) is 5.10 Å². The van der Waals surface area contributed by atoms with Crippen molar-refractivity contribution < 1.29 is 10.2 Å². The summed E-state index contributed by atoms with van der Waals surface area (Å²) in [6, 6.07) is 6.14. The number of aromatic nitrogens is 2. The van der Waals surface area contributed by atoms with Crippen LogP contribution in [0.5, 0.6) is 5.75 Å². The van der Waals surface area contributed by atoms with Crippen LogP contribution in [-0.2, 0) is 18.4 Å². The largest absolute Gasteiger partial charge is 0.508 e. The molecule has 0 radical (unpaired) electrons. The molecule has 2 N–H and O–H groups in total. The Morgan fingerprint density at radius 1 is 1.09 bits per heavy atom. The van der Waals surface area contributed by atoms with Gasteiger partial charge in [-0.05, 0) is 81.6 Å². The van der Waals surface area contributed by atoms with Gasteiger partial charge < -0.3 is 15.1 Å². The quantitative estimate of drug-likeness (QED) is 0.755. The lowest BCUT2D eigenvalue weighted by atomic mass is 9.52. The first-order chi connectivity index (χ1) is 15.5. The van der Waals surface area contributed by atoms with E-state index in [1.807, 2.05) is 23.0 Å². The minimum Gasteiger partial charge on any atom is -0.508 e. The Balaban J connectivity index is 1.32. The van der Waals surface area contributed by atoms with E-state index >= 15 is 0 Å². The van der Waals surface area contributed by atoms with Crippen molar-refractivity contribution >= 4 is 0 Å². The zero-order chi connectivity index (χ0) is 21.9. The summed E-state index contributed by atoms with van der Waals surface area (Å²) in [5.74, 6) is 1.20. The fourth-order valence-corrected chi connectivity index (χ4v) is 7.05. The van der Waals surface area contributed by atoms with Crippen LogP contribution in [0.2, 0.25) is 0 Å². The summed E-state index contributed by atoms with van der Waals surface area (Å²) >= 11 is 0. The summed E-state index contributed by atoms with van der Waals surface area (Å²) in [6.45, 7) is 7.90. The van der Waals surface area contributed by atoms with Crippen molar-refractivity contribution in [2.45, 2.75) is 69.1 Å². The molecule has 1 aromatic heterocycles. The van der Waals surface area contributed by atoms with Crippen molar-refractivity contribution in [1.29, 1.82) is 0 Å². The highest BCUT2D eigenvalue weighted by molar-refractivity contribution is 5.52. The first-order valence-corrected chi connectivity index (χ1v) is 12.5. The van der Waals surface area contributed by atoms with Gasteiger partial charge in [-0.25, -0.2) is 0 Å². The van der Waals surface area contributed by atoms with Crippen LogP contribution in [0.4, 0.5) is 0 Å². The molecule has 3 fully saturated rings. The number of fused-ring (bicyclic) bond motifs is 1. The van der Waals surface area contributed by atoms with Crippen LogP contribution < -0.4 is 0 Å². The van der Waals surface area contributed by atoms with Crippen LogP contribution >= 0.6 is 0 Å². The Labute approximate surface area is 190 Å². The summed E-state index contributed by atoms with van der Waals surface area (Å²) < 4.78 is 2.02. The van der Waals surface area contributed by atoms with Gasteiger partial charge in [0.1, 0.15) is 5.75 Å². The highest BCUT2D eigenvalue weighted by Gasteiger charge is 2.63. The van der Waals surface area contributed by atoms with Gasteiger partial charge in [0.2, 0.25) is 0 Å². The number of benzene rings is 1. The third-order valence-electron chi connectivity index (χ3n) is 8.93. The Morgan fingerprint density at radius 3 is 2.69 bits per heavy atom. The maximum atomic E-state index is 12.5. The zero-order valence-electron chi connectivity index (χ0n) is 19.2. The number of likely N-dealkylation sites (tertiary alicyclic amines) is 2. The molecule has 32 heavy (non-hydrogen) atoms. The molecule has 3 heterocycles. The molecular weight excluding hydrogens is 400 g/mol. The number of hydrogen-bond donors (Lipinski definition) is 2. The van der Waals surface area contributed by atoms with Crippen molar-refractivity contribution in [1.82, 2.24) is 19.6 Å². The van der Waals surface area contributed by atoms with Crippen molar-refractivity contribution in [3.8, 4) is 5.75 Å². The smallest absolute Gasteiger partial charge is 0.119 e. The van der Waals surface area contributed by atoms with Crippen LogP contribution in [-0.4, -0.2) is 74.2 Å². The van der Waals surface area contributed by atoms with Gasteiger partial charge in [0, 0.05) is 42.9 Å². The maximum Gasteiger partial charge on any atom is 0.119 e. The van der Waals surface area contributed by atoms with E-state index in [0.29, 0.717) is 5.75 Å². The summed E-state index contributed by atoms with van der Waals surface area (Å²) in [7, 11) is 0. The molecule has 3 unspecified atom stereocenters. The highest BCUT2D eigenvalue weighted by atomic mass is 16.3. The predicted molar refractivity (Wildman–Crippen MR) is 124 cm³/mol. The number of aliphatic hydroxyl groups is 1. The molecule has 2 aliphatic carbocycles. The number of aryl methyl sites for hydroxylation is 1. The third-order valence-corrected chi connectivity index (χ3v) is 8.93. The second kappa shape index (κ2) is 7.57. The van der Waals surface area contributed by atoms with Crippen molar-refractivity contribution in [3.63, 3.8) is 0 Å². The van der Waals surface area contributed by atoms with Crippen LogP contribution in [0.3, 0.4) is 0 Å². The number of piperidine rings is 1. The fraction of sp³-hybridized carbons (Fsp3) is 0.654. The second-order valence-corrected chi connectivity index (χ2v) is 10.8.